The zero-order chi connectivity index (χ0) is 10.8. The van der Waals surface area contributed by atoms with Crippen LogP contribution in [0.3, 0.4) is 0 Å². The van der Waals surface area contributed by atoms with E-state index in [0.29, 0.717) is 23.3 Å². The highest BCUT2D eigenvalue weighted by Gasteiger charge is 2.22. The summed E-state index contributed by atoms with van der Waals surface area (Å²) in [6, 6.07) is 4.54. The second-order valence-corrected chi connectivity index (χ2v) is 4.17. The lowest BCUT2D eigenvalue weighted by molar-refractivity contribution is 0.0696. The lowest BCUT2D eigenvalue weighted by atomic mass is 10.2. The van der Waals surface area contributed by atoms with Crippen molar-refractivity contribution in [2.45, 2.75) is 12.8 Å². The fourth-order valence-electron chi connectivity index (χ4n) is 1.27. The number of rotatable bonds is 4. The normalized spacial score (nSPS) is 15.0. The van der Waals surface area contributed by atoms with Crippen molar-refractivity contribution in [3.05, 3.63) is 28.8 Å². The Morgan fingerprint density at radius 1 is 1.47 bits per heavy atom. The minimum Gasteiger partial charge on any atom is -0.493 e. The molecule has 0 aliphatic heterocycles. The van der Waals surface area contributed by atoms with Crippen LogP contribution < -0.4 is 4.74 Å². The topological polar surface area (TPSA) is 46.5 Å². The fourth-order valence-corrected chi connectivity index (χ4v) is 1.49. The van der Waals surface area contributed by atoms with Crippen molar-refractivity contribution in [3.63, 3.8) is 0 Å². The molecule has 0 amide bonds. The van der Waals surface area contributed by atoms with Crippen molar-refractivity contribution in [1.29, 1.82) is 0 Å². The van der Waals surface area contributed by atoms with Gasteiger partial charge in [-0.3, -0.25) is 0 Å². The van der Waals surface area contributed by atoms with Crippen LogP contribution in [0.15, 0.2) is 18.2 Å². The number of carboxylic acids is 1. The summed E-state index contributed by atoms with van der Waals surface area (Å²) in [5.74, 6) is 0.179. The molecule has 15 heavy (non-hydrogen) atoms. The Morgan fingerprint density at radius 2 is 2.20 bits per heavy atom. The van der Waals surface area contributed by atoms with E-state index in [4.69, 9.17) is 21.4 Å². The Kier molecular flexibility index (Phi) is 2.82. The van der Waals surface area contributed by atoms with Crippen LogP contribution in [-0.2, 0) is 0 Å². The average Bonchev–Trinajstić information content (AvgIpc) is 2.97. The zero-order valence-corrected chi connectivity index (χ0v) is 8.83. The molecule has 0 heterocycles. The highest BCUT2D eigenvalue weighted by Crippen LogP contribution is 2.30. The van der Waals surface area contributed by atoms with Gasteiger partial charge in [-0.2, -0.15) is 0 Å². The third-order valence-electron chi connectivity index (χ3n) is 2.30. The number of hydrogen-bond acceptors (Lipinski definition) is 2. The maximum Gasteiger partial charge on any atom is 0.335 e. The van der Waals surface area contributed by atoms with Gasteiger partial charge < -0.3 is 9.84 Å². The third-order valence-corrected chi connectivity index (χ3v) is 2.52. The fraction of sp³-hybridized carbons (Fsp3) is 0.364. The summed E-state index contributed by atoms with van der Waals surface area (Å²) >= 11 is 5.78. The van der Waals surface area contributed by atoms with Gasteiger partial charge in [0.2, 0.25) is 0 Å². The second-order valence-electron chi connectivity index (χ2n) is 3.74. The number of carboxylic acid groups (broad SMARTS) is 1. The number of benzene rings is 1. The van der Waals surface area contributed by atoms with E-state index in [9.17, 15) is 4.79 Å². The first-order valence-corrected chi connectivity index (χ1v) is 5.19. The highest BCUT2D eigenvalue weighted by atomic mass is 35.5. The van der Waals surface area contributed by atoms with Gasteiger partial charge in [-0.25, -0.2) is 4.79 Å². The van der Waals surface area contributed by atoms with E-state index in [1.54, 1.807) is 6.07 Å². The van der Waals surface area contributed by atoms with E-state index in [-0.39, 0.29) is 5.56 Å². The molecule has 1 N–H and O–H groups in total. The molecule has 0 atom stereocenters. The van der Waals surface area contributed by atoms with E-state index in [1.807, 2.05) is 0 Å². The van der Waals surface area contributed by atoms with E-state index < -0.39 is 5.97 Å². The summed E-state index contributed by atoms with van der Waals surface area (Å²) < 4.78 is 5.45. The molecule has 1 aromatic rings. The highest BCUT2D eigenvalue weighted by molar-refractivity contribution is 6.31. The molecule has 0 aromatic heterocycles. The molecule has 80 valence electrons. The van der Waals surface area contributed by atoms with E-state index in [2.05, 4.69) is 0 Å². The van der Waals surface area contributed by atoms with Crippen molar-refractivity contribution in [1.82, 2.24) is 0 Å². The SMILES string of the molecule is O=C(O)c1cc(Cl)cc(OCC2CC2)c1. The summed E-state index contributed by atoms with van der Waals surface area (Å²) in [5.41, 5.74) is 0.160. The smallest absolute Gasteiger partial charge is 0.335 e. The van der Waals surface area contributed by atoms with Gasteiger partial charge in [0.05, 0.1) is 12.2 Å². The van der Waals surface area contributed by atoms with Crippen molar-refractivity contribution in [3.8, 4) is 5.75 Å². The number of ether oxygens (including phenoxy) is 1. The summed E-state index contributed by atoms with van der Waals surface area (Å²) in [5, 5.41) is 9.20. The van der Waals surface area contributed by atoms with Gasteiger partial charge in [0.1, 0.15) is 5.75 Å². The monoisotopic (exact) mass is 226 g/mol. The number of carbonyl (C=O) groups is 1. The lowest BCUT2D eigenvalue weighted by Crippen LogP contribution is -2.01. The van der Waals surface area contributed by atoms with E-state index in [1.165, 1.54) is 25.0 Å². The molecule has 1 fully saturated rings. The Labute approximate surface area is 92.6 Å². The second kappa shape index (κ2) is 4.11. The van der Waals surface area contributed by atoms with Gasteiger partial charge in [0, 0.05) is 5.02 Å². The van der Waals surface area contributed by atoms with Crippen molar-refractivity contribution < 1.29 is 14.6 Å². The van der Waals surface area contributed by atoms with Gasteiger partial charge in [0.25, 0.3) is 0 Å². The summed E-state index contributed by atoms with van der Waals surface area (Å²) in [7, 11) is 0. The van der Waals surface area contributed by atoms with Crippen molar-refractivity contribution >= 4 is 17.6 Å². The molecule has 1 aliphatic carbocycles. The summed E-state index contributed by atoms with van der Waals surface area (Å²) in [6.07, 6.45) is 2.40. The molecular weight excluding hydrogens is 216 g/mol. The summed E-state index contributed by atoms with van der Waals surface area (Å²) in [6.45, 7) is 0.652. The summed E-state index contributed by atoms with van der Waals surface area (Å²) in [4.78, 5) is 10.7. The van der Waals surface area contributed by atoms with Crippen LogP contribution in [-0.4, -0.2) is 17.7 Å². The zero-order valence-electron chi connectivity index (χ0n) is 8.07. The molecule has 1 aromatic carbocycles. The first kappa shape index (κ1) is 10.3. The average molecular weight is 227 g/mol. The van der Waals surface area contributed by atoms with E-state index >= 15 is 0 Å². The van der Waals surface area contributed by atoms with Crippen LogP contribution in [0.25, 0.3) is 0 Å². The van der Waals surface area contributed by atoms with Crippen LogP contribution >= 0.6 is 11.6 Å². The van der Waals surface area contributed by atoms with Crippen LogP contribution in [0.4, 0.5) is 0 Å². The third kappa shape index (κ3) is 2.86. The van der Waals surface area contributed by atoms with Gasteiger partial charge in [0.15, 0.2) is 0 Å². The molecule has 0 radical (unpaired) electrons. The molecule has 1 saturated carbocycles. The van der Waals surface area contributed by atoms with Crippen LogP contribution in [0, 0.1) is 5.92 Å². The van der Waals surface area contributed by atoms with Crippen LogP contribution in [0.1, 0.15) is 23.2 Å². The molecule has 0 bridgehead atoms. The maximum atomic E-state index is 10.7. The Balaban J connectivity index is 2.10. The van der Waals surface area contributed by atoms with Crippen molar-refractivity contribution in [2.24, 2.45) is 5.92 Å². The van der Waals surface area contributed by atoms with Crippen LogP contribution in [0.2, 0.25) is 5.02 Å². The van der Waals surface area contributed by atoms with Gasteiger partial charge in [-0.15, -0.1) is 0 Å². The largest absolute Gasteiger partial charge is 0.493 e. The number of aromatic carboxylic acids is 1. The number of hydrogen-bond donors (Lipinski definition) is 1. The van der Waals surface area contributed by atoms with Gasteiger partial charge >= 0.3 is 5.97 Å². The molecular formula is C11H11ClO3. The van der Waals surface area contributed by atoms with E-state index in [0.717, 1.165) is 0 Å². The lowest BCUT2D eigenvalue weighted by Gasteiger charge is -2.06. The van der Waals surface area contributed by atoms with Crippen LogP contribution in [0.5, 0.6) is 5.75 Å². The number of halogens is 1. The molecule has 1 aliphatic rings. The molecule has 0 spiro atoms. The van der Waals surface area contributed by atoms with Gasteiger partial charge in [-0.1, -0.05) is 11.6 Å². The Hall–Kier alpha value is -1.22. The molecule has 4 heteroatoms. The molecule has 0 unspecified atom stereocenters. The quantitative estimate of drug-likeness (QED) is 0.859. The first-order valence-electron chi connectivity index (χ1n) is 4.82. The Bertz CT molecular complexity index is 385. The van der Waals surface area contributed by atoms with Crippen molar-refractivity contribution in [2.75, 3.05) is 6.61 Å². The minimum atomic E-state index is -0.992. The molecule has 3 nitrogen and oxygen atoms in total. The first-order chi connectivity index (χ1) is 7.15. The Morgan fingerprint density at radius 3 is 2.80 bits per heavy atom. The van der Waals surface area contributed by atoms with Gasteiger partial charge in [-0.05, 0) is 37.0 Å². The minimum absolute atomic E-state index is 0.160. The predicted molar refractivity (Wildman–Crippen MR) is 56.6 cm³/mol. The predicted octanol–water partition coefficient (Wildman–Crippen LogP) is 2.83. The molecule has 2 rings (SSSR count). The molecule has 0 saturated heterocycles. The maximum absolute atomic E-state index is 10.7. The standard InChI is InChI=1S/C11H11ClO3/c12-9-3-8(11(13)14)4-10(5-9)15-6-7-1-2-7/h3-5,7H,1-2,6H2,(H,13,14).